The summed E-state index contributed by atoms with van der Waals surface area (Å²) >= 11 is 2.90. The van der Waals surface area contributed by atoms with Gasteiger partial charge in [0.2, 0.25) is 5.13 Å². The van der Waals surface area contributed by atoms with Crippen LogP contribution in [-0.2, 0) is 11.3 Å². The molecule has 8 nitrogen and oxygen atoms in total. The molecule has 0 aliphatic rings. The first-order valence-electron chi connectivity index (χ1n) is 7.90. The quantitative estimate of drug-likeness (QED) is 0.489. The highest BCUT2D eigenvalue weighted by atomic mass is 32.2. The number of benzene rings is 1. The fraction of sp³-hybridized carbons (Fsp3) is 0.312. The smallest absolute Gasteiger partial charge is 0.280 e. The molecule has 0 bridgehead atoms. The molecule has 0 saturated carbocycles. The van der Waals surface area contributed by atoms with Gasteiger partial charge >= 0.3 is 0 Å². The van der Waals surface area contributed by atoms with Crippen molar-refractivity contribution in [1.82, 2.24) is 25.2 Å². The van der Waals surface area contributed by atoms with Crippen molar-refractivity contribution in [2.24, 2.45) is 0 Å². The topological polar surface area (TPSA) is 94.8 Å². The van der Waals surface area contributed by atoms with Crippen LogP contribution < -0.4 is 5.32 Å². The Balaban J connectivity index is 1.87. The molecule has 2 aromatic heterocycles. The number of nitrogens with zero attached hydrogens (tertiary/aromatic N) is 5. The molecule has 0 fully saturated rings. The third-order valence-electron chi connectivity index (χ3n) is 3.40. The van der Waals surface area contributed by atoms with Gasteiger partial charge in [-0.1, -0.05) is 47.4 Å². The van der Waals surface area contributed by atoms with E-state index in [1.165, 1.54) is 11.3 Å². The summed E-state index contributed by atoms with van der Waals surface area (Å²) in [4.78, 5) is 12.6. The van der Waals surface area contributed by atoms with Gasteiger partial charge in [-0.15, -0.1) is 15.3 Å². The Morgan fingerprint density at radius 3 is 2.92 bits per heavy atom. The van der Waals surface area contributed by atoms with Crippen LogP contribution in [0, 0.1) is 6.92 Å². The van der Waals surface area contributed by atoms with Gasteiger partial charge in [-0.2, -0.15) is 0 Å². The molecule has 26 heavy (non-hydrogen) atoms. The van der Waals surface area contributed by atoms with Crippen LogP contribution in [0.4, 0.5) is 5.13 Å². The number of aryl methyl sites for hydroxylation is 1. The van der Waals surface area contributed by atoms with Gasteiger partial charge in [-0.3, -0.25) is 10.1 Å². The Bertz CT molecular complexity index is 908. The molecule has 136 valence electrons. The second kappa shape index (κ2) is 8.39. The minimum atomic E-state index is -0.389. The van der Waals surface area contributed by atoms with Crippen LogP contribution >= 0.6 is 23.1 Å². The molecule has 0 aliphatic heterocycles. The summed E-state index contributed by atoms with van der Waals surface area (Å²) < 4.78 is 7.67. The summed E-state index contributed by atoms with van der Waals surface area (Å²) in [7, 11) is 1.56. The van der Waals surface area contributed by atoms with E-state index < -0.39 is 0 Å². The second-order valence-electron chi connectivity index (χ2n) is 5.33. The van der Waals surface area contributed by atoms with Gasteiger partial charge in [0.15, 0.2) is 10.0 Å². The Morgan fingerprint density at radius 1 is 1.35 bits per heavy atom. The third kappa shape index (κ3) is 4.09. The van der Waals surface area contributed by atoms with Crippen LogP contribution in [0.3, 0.4) is 0 Å². The summed E-state index contributed by atoms with van der Waals surface area (Å²) in [5.74, 6) is 0.505. The van der Waals surface area contributed by atoms with Crippen LogP contribution in [0.15, 0.2) is 28.6 Å². The van der Waals surface area contributed by atoms with Gasteiger partial charge in [0.1, 0.15) is 5.69 Å². The van der Waals surface area contributed by atoms with E-state index in [0.717, 1.165) is 21.3 Å². The summed E-state index contributed by atoms with van der Waals surface area (Å²) in [5, 5.41) is 19.4. The van der Waals surface area contributed by atoms with Crippen LogP contribution in [0.5, 0.6) is 0 Å². The molecule has 1 N–H and O–H groups in total. The van der Waals surface area contributed by atoms with Gasteiger partial charge < -0.3 is 4.74 Å². The second-order valence-corrected chi connectivity index (χ2v) is 7.82. The van der Waals surface area contributed by atoms with Crippen molar-refractivity contribution in [2.75, 3.05) is 18.2 Å². The molecule has 0 spiro atoms. The van der Waals surface area contributed by atoms with Crippen LogP contribution in [0.1, 0.15) is 28.7 Å². The van der Waals surface area contributed by atoms with E-state index in [9.17, 15) is 4.79 Å². The molecule has 0 aliphatic carbocycles. The fourth-order valence-electron chi connectivity index (χ4n) is 2.31. The molecule has 0 saturated heterocycles. The summed E-state index contributed by atoms with van der Waals surface area (Å²) in [6.07, 6.45) is 0. The van der Waals surface area contributed by atoms with E-state index in [1.54, 1.807) is 23.6 Å². The van der Waals surface area contributed by atoms with Crippen molar-refractivity contribution in [1.29, 1.82) is 0 Å². The van der Waals surface area contributed by atoms with Crippen molar-refractivity contribution in [3.8, 4) is 5.69 Å². The molecule has 2 heterocycles. The molecule has 10 heteroatoms. The predicted molar refractivity (Wildman–Crippen MR) is 101 cm³/mol. The van der Waals surface area contributed by atoms with E-state index in [-0.39, 0.29) is 18.2 Å². The largest absolute Gasteiger partial charge is 0.378 e. The zero-order chi connectivity index (χ0) is 18.5. The normalized spacial score (nSPS) is 10.9. The number of anilines is 1. The fourth-order valence-corrected chi connectivity index (χ4v) is 3.95. The maximum atomic E-state index is 12.6. The van der Waals surface area contributed by atoms with Crippen LogP contribution in [0.25, 0.3) is 5.69 Å². The summed E-state index contributed by atoms with van der Waals surface area (Å²) in [5.41, 5.74) is 2.68. The van der Waals surface area contributed by atoms with E-state index in [4.69, 9.17) is 4.74 Å². The number of ether oxygens (including phenoxy) is 1. The molecule has 0 radical (unpaired) electrons. The number of carbonyl (C=O) groups excluding carboxylic acids is 1. The van der Waals surface area contributed by atoms with Crippen molar-refractivity contribution < 1.29 is 9.53 Å². The zero-order valence-corrected chi connectivity index (χ0v) is 16.2. The first kappa shape index (κ1) is 18.5. The van der Waals surface area contributed by atoms with E-state index >= 15 is 0 Å². The zero-order valence-electron chi connectivity index (χ0n) is 14.6. The molecule has 0 atom stereocenters. The Kier molecular flexibility index (Phi) is 5.96. The SMILES string of the molecule is CCSc1nnc(NC(=O)c2nnn(-c3cccc(C)c3)c2COC)s1. The number of carbonyl (C=O) groups is 1. The van der Waals surface area contributed by atoms with Gasteiger partial charge in [-0.05, 0) is 30.4 Å². The predicted octanol–water partition coefficient (Wildman–Crippen LogP) is 2.94. The van der Waals surface area contributed by atoms with E-state index in [1.807, 2.05) is 38.1 Å². The minimum absolute atomic E-state index is 0.202. The van der Waals surface area contributed by atoms with Gasteiger partial charge in [0, 0.05) is 7.11 Å². The minimum Gasteiger partial charge on any atom is -0.378 e. The Morgan fingerprint density at radius 2 is 2.19 bits per heavy atom. The van der Waals surface area contributed by atoms with Crippen LogP contribution in [0.2, 0.25) is 0 Å². The van der Waals surface area contributed by atoms with Crippen molar-refractivity contribution in [3.63, 3.8) is 0 Å². The lowest BCUT2D eigenvalue weighted by Crippen LogP contribution is -2.16. The van der Waals surface area contributed by atoms with Crippen molar-refractivity contribution in [3.05, 3.63) is 41.2 Å². The number of hydrogen-bond donors (Lipinski definition) is 1. The molecule has 3 aromatic rings. The third-order valence-corrected chi connectivity index (χ3v) is 5.25. The maximum absolute atomic E-state index is 12.6. The van der Waals surface area contributed by atoms with Crippen molar-refractivity contribution in [2.45, 2.75) is 24.8 Å². The number of hydrogen-bond acceptors (Lipinski definition) is 8. The molecule has 1 amide bonds. The number of methoxy groups -OCH3 is 1. The highest BCUT2D eigenvalue weighted by molar-refractivity contribution is 8.01. The lowest BCUT2D eigenvalue weighted by Gasteiger charge is -2.07. The maximum Gasteiger partial charge on any atom is 0.280 e. The van der Waals surface area contributed by atoms with Gasteiger partial charge in [-0.25, -0.2) is 4.68 Å². The number of aromatic nitrogens is 5. The standard InChI is InChI=1S/C16H18N6O2S2/c1-4-25-16-20-19-15(26-16)17-14(23)13-12(9-24-3)22(21-18-13)11-7-5-6-10(2)8-11/h5-8H,4,9H2,1-3H3,(H,17,19,23). The first-order chi connectivity index (χ1) is 12.6. The molecule has 0 unspecified atom stereocenters. The molecular formula is C16H18N6O2S2. The number of rotatable bonds is 7. The van der Waals surface area contributed by atoms with Crippen LogP contribution in [-0.4, -0.2) is 44.0 Å². The highest BCUT2D eigenvalue weighted by Crippen LogP contribution is 2.25. The molecular weight excluding hydrogens is 372 g/mol. The lowest BCUT2D eigenvalue weighted by molar-refractivity contribution is 0.101. The number of nitrogens with one attached hydrogen (secondary N) is 1. The monoisotopic (exact) mass is 390 g/mol. The lowest BCUT2D eigenvalue weighted by atomic mass is 10.2. The summed E-state index contributed by atoms with van der Waals surface area (Å²) in [6, 6.07) is 7.79. The van der Waals surface area contributed by atoms with E-state index in [0.29, 0.717) is 10.8 Å². The molecule has 3 rings (SSSR count). The highest BCUT2D eigenvalue weighted by Gasteiger charge is 2.22. The molecule has 1 aromatic carbocycles. The van der Waals surface area contributed by atoms with Gasteiger partial charge in [0.05, 0.1) is 12.3 Å². The average molecular weight is 390 g/mol. The number of thioether (sulfide) groups is 1. The van der Waals surface area contributed by atoms with Crippen molar-refractivity contribution >= 4 is 34.1 Å². The average Bonchev–Trinajstić information content (AvgIpc) is 3.23. The number of amides is 1. The van der Waals surface area contributed by atoms with E-state index in [2.05, 4.69) is 25.8 Å². The Hall–Kier alpha value is -2.30. The van der Waals surface area contributed by atoms with Gasteiger partial charge in [0.25, 0.3) is 5.91 Å². The summed E-state index contributed by atoms with van der Waals surface area (Å²) in [6.45, 7) is 4.23. The first-order valence-corrected chi connectivity index (χ1v) is 9.70. The Labute approximate surface area is 159 Å².